The van der Waals surface area contributed by atoms with Crippen LogP contribution >= 0.6 is 0 Å². The predicted octanol–water partition coefficient (Wildman–Crippen LogP) is 1.79. The fourth-order valence-electron chi connectivity index (χ4n) is 2.33. The number of nitriles is 2. The third kappa shape index (κ3) is 5.23. The number of nitrogens with two attached hydrogens (primary N) is 1. The molecule has 1 heterocycles. The number of nitrogens with zero attached hydrogens (tertiary/aromatic N) is 3. The summed E-state index contributed by atoms with van der Waals surface area (Å²) in [5, 5.41) is 18.7. The third-order valence-electron chi connectivity index (χ3n) is 3.51. The molecule has 1 aliphatic heterocycles. The summed E-state index contributed by atoms with van der Waals surface area (Å²) in [5.74, 6) is -1.38. The van der Waals surface area contributed by atoms with Crippen LogP contribution in [-0.2, 0) is 19.1 Å². The van der Waals surface area contributed by atoms with Crippen LogP contribution < -0.4 is 5.73 Å². The van der Waals surface area contributed by atoms with E-state index in [9.17, 15) is 14.9 Å². The second kappa shape index (κ2) is 10.5. The fraction of sp³-hybridized carbons (Fsp3) is 0.368. The van der Waals surface area contributed by atoms with Crippen molar-refractivity contribution in [1.29, 1.82) is 10.5 Å². The smallest absolute Gasteiger partial charge is 0.348 e. The van der Waals surface area contributed by atoms with Crippen molar-refractivity contribution in [2.45, 2.75) is 27.2 Å². The summed E-state index contributed by atoms with van der Waals surface area (Å²) in [6.07, 6.45) is 4.93. The van der Waals surface area contributed by atoms with Crippen molar-refractivity contribution < 1.29 is 19.1 Å². The van der Waals surface area contributed by atoms with Gasteiger partial charge in [-0.3, -0.25) is 0 Å². The lowest BCUT2D eigenvalue weighted by Gasteiger charge is -2.28. The molecule has 0 unspecified atom stereocenters. The zero-order valence-corrected chi connectivity index (χ0v) is 15.6. The van der Waals surface area contributed by atoms with Crippen LogP contribution in [0.15, 0.2) is 46.5 Å². The maximum atomic E-state index is 12.1. The van der Waals surface area contributed by atoms with Gasteiger partial charge in [0.2, 0.25) is 0 Å². The van der Waals surface area contributed by atoms with Crippen LogP contribution in [0.25, 0.3) is 0 Å². The minimum atomic E-state index is -0.757. The van der Waals surface area contributed by atoms with Gasteiger partial charge in [-0.1, -0.05) is 6.92 Å². The second-order valence-electron chi connectivity index (χ2n) is 5.32. The maximum absolute atomic E-state index is 12.1. The highest BCUT2D eigenvalue weighted by molar-refractivity contribution is 5.95. The summed E-state index contributed by atoms with van der Waals surface area (Å²) in [5.41, 5.74) is 6.31. The van der Waals surface area contributed by atoms with Crippen LogP contribution in [0.1, 0.15) is 27.2 Å². The molecule has 0 fully saturated rings. The van der Waals surface area contributed by atoms with Crippen LogP contribution in [0, 0.1) is 22.7 Å². The highest BCUT2D eigenvalue weighted by Gasteiger charge is 2.27. The summed E-state index contributed by atoms with van der Waals surface area (Å²) >= 11 is 0. The molecular formula is C19H22N4O4. The van der Waals surface area contributed by atoms with E-state index in [-0.39, 0.29) is 35.6 Å². The number of carbonyl (C=O) groups excluding carboxylic acids is 2. The average molecular weight is 370 g/mol. The maximum Gasteiger partial charge on any atom is 0.348 e. The Kier molecular flexibility index (Phi) is 8.34. The van der Waals surface area contributed by atoms with Crippen molar-refractivity contribution in [1.82, 2.24) is 4.90 Å². The van der Waals surface area contributed by atoms with Gasteiger partial charge in [0.1, 0.15) is 23.3 Å². The topological polar surface area (TPSA) is 129 Å². The SMILES string of the molecule is CCCN1C=C(C(=O)OCC)C(N)=C(C#N)/C1=C\C=C(/C#N)C(=O)OCC. The summed E-state index contributed by atoms with van der Waals surface area (Å²) < 4.78 is 9.80. The Labute approximate surface area is 158 Å². The van der Waals surface area contributed by atoms with E-state index in [1.807, 2.05) is 13.0 Å². The molecule has 0 aromatic carbocycles. The van der Waals surface area contributed by atoms with Gasteiger partial charge in [-0.15, -0.1) is 0 Å². The summed E-state index contributed by atoms with van der Waals surface area (Å²) in [7, 11) is 0. The molecule has 0 radical (unpaired) electrons. The fourth-order valence-corrected chi connectivity index (χ4v) is 2.33. The minimum Gasteiger partial charge on any atom is -0.462 e. The molecule has 0 saturated heterocycles. The largest absolute Gasteiger partial charge is 0.462 e. The van der Waals surface area contributed by atoms with E-state index in [0.29, 0.717) is 12.2 Å². The Morgan fingerprint density at radius 2 is 1.89 bits per heavy atom. The number of hydrogen-bond donors (Lipinski definition) is 1. The number of allylic oxidation sites excluding steroid dienone is 3. The van der Waals surface area contributed by atoms with E-state index in [4.69, 9.17) is 20.5 Å². The van der Waals surface area contributed by atoms with Crippen molar-refractivity contribution in [3.05, 3.63) is 46.5 Å². The van der Waals surface area contributed by atoms with Gasteiger partial charge in [0.25, 0.3) is 0 Å². The van der Waals surface area contributed by atoms with Crippen LogP contribution in [0.3, 0.4) is 0 Å². The summed E-state index contributed by atoms with van der Waals surface area (Å²) in [6, 6.07) is 3.75. The molecule has 0 bridgehead atoms. The molecule has 2 N–H and O–H groups in total. The number of ether oxygens (including phenoxy) is 2. The summed E-state index contributed by atoms with van der Waals surface area (Å²) in [6.45, 7) is 6.04. The molecule has 8 heteroatoms. The molecule has 0 aromatic rings. The van der Waals surface area contributed by atoms with Crippen molar-refractivity contribution in [2.75, 3.05) is 19.8 Å². The van der Waals surface area contributed by atoms with Crippen LogP contribution in [-0.4, -0.2) is 36.6 Å². The van der Waals surface area contributed by atoms with Gasteiger partial charge >= 0.3 is 11.9 Å². The Morgan fingerprint density at radius 3 is 2.41 bits per heavy atom. The van der Waals surface area contributed by atoms with Crippen molar-refractivity contribution >= 4 is 11.9 Å². The lowest BCUT2D eigenvalue weighted by atomic mass is 10.00. The number of rotatable bonds is 7. The Bertz CT molecular complexity index is 807. The van der Waals surface area contributed by atoms with Crippen LogP contribution in [0.4, 0.5) is 0 Å². The van der Waals surface area contributed by atoms with Crippen LogP contribution in [0.2, 0.25) is 0 Å². The molecule has 0 aromatic heterocycles. The van der Waals surface area contributed by atoms with E-state index in [2.05, 4.69) is 0 Å². The molecule has 142 valence electrons. The number of esters is 2. The van der Waals surface area contributed by atoms with E-state index < -0.39 is 11.9 Å². The monoisotopic (exact) mass is 370 g/mol. The zero-order valence-electron chi connectivity index (χ0n) is 15.6. The normalized spacial score (nSPS) is 15.7. The first-order chi connectivity index (χ1) is 12.9. The van der Waals surface area contributed by atoms with E-state index in [0.717, 1.165) is 6.42 Å². The highest BCUT2D eigenvalue weighted by atomic mass is 16.5. The first-order valence-corrected chi connectivity index (χ1v) is 8.50. The van der Waals surface area contributed by atoms with Gasteiger partial charge in [-0.25, -0.2) is 9.59 Å². The molecule has 0 aliphatic carbocycles. The van der Waals surface area contributed by atoms with Crippen molar-refractivity contribution in [2.24, 2.45) is 5.73 Å². The Balaban J connectivity index is 3.44. The molecule has 0 amide bonds. The lowest BCUT2D eigenvalue weighted by Crippen LogP contribution is -2.29. The molecule has 1 aliphatic rings. The molecule has 0 atom stereocenters. The molecule has 0 saturated carbocycles. The number of carbonyl (C=O) groups is 2. The molecule has 8 nitrogen and oxygen atoms in total. The standard InChI is InChI=1S/C19H22N4O4/c1-4-9-23-12-15(19(25)27-6-3)17(22)14(11-21)16(23)8-7-13(10-20)18(24)26-5-2/h7-8,12H,4-6,9,22H2,1-3H3/b13-7+,16-8+. The van der Waals surface area contributed by atoms with Crippen molar-refractivity contribution in [3.63, 3.8) is 0 Å². The third-order valence-corrected chi connectivity index (χ3v) is 3.51. The van der Waals surface area contributed by atoms with Gasteiger partial charge in [0.15, 0.2) is 0 Å². The van der Waals surface area contributed by atoms with Gasteiger partial charge in [0.05, 0.1) is 30.2 Å². The van der Waals surface area contributed by atoms with Crippen LogP contribution in [0.5, 0.6) is 0 Å². The Hall–Kier alpha value is -3.52. The average Bonchev–Trinajstić information content (AvgIpc) is 2.64. The van der Waals surface area contributed by atoms with E-state index in [1.54, 1.807) is 24.8 Å². The predicted molar refractivity (Wildman–Crippen MR) is 97.0 cm³/mol. The zero-order chi connectivity index (χ0) is 20.4. The van der Waals surface area contributed by atoms with Gasteiger partial charge in [0, 0.05) is 12.7 Å². The first-order valence-electron chi connectivity index (χ1n) is 8.50. The lowest BCUT2D eigenvalue weighted by molar-refractivity contribution is -0.139. The van der Waals surface area contributed by atoms with E-state index >= 15 is 0 Å². The van der Waals surface area contributed by atoms with Gasteiger partial charge < -0.3 is 20.1 Å². The summed E-state index contributed by atoms with van der Waals surface area (Å²) in [4.78, 5) is 25.5. The van der Waals surface area contributed by atoms with Gasteiger partial charge in [-0.05, 0) is 32.4 Å². The first kappa shape index (κ1) is 21.5. The van der Waals surface area contributed by atoms with Gasteiger partial charge in [-0.2, -0.15) is 10.5 Å². The highest BCUT2D eigenvalue weighted by Crippen LogP contribution is 2.28. The second-order valence-corrected chi connectivity index (χ2v) is 5.32. The Morgan fingerprint density at radius 1 is 1.22 bits per heavy atom. The van der Waals surface area contributed by atoms with E-state index in [1.165, 1.54) is 18.4 Å². The van der Waals surface area contributed by atoms with Crippen molar-refractivity contribution in [3.8, 4) is 12.1 Å². The molecule has 0 spiro atoms. The number of hydrogen-bond acceptors (Lipinski definition) is 8. The molecular weight excluding hydrogens is 348 g/mol. The quantitative estimate of drug-likeness (QED) is 0.408. The molecule has 1 rings (SSSR count). The minimum absolute atomic E-state index is 0.0161. The molecule has 27 heavy (non-hydrogen) atoms.